The van der Waals surface area contributed by atoms with Crippen molar-refractivity contribution >= 4 is 11.8 Å². The molecule has 16 heavy (non-hydrogen) atoms. The van der Waals surface area contributed by atoms with Gasteiger partial charge in [0.15, 0.2) is 0 Å². The summed E-state index contributed by atoms with van der Waals surface area (Å²) >= 11 is 1.99. The Kier molecular flexibility index (Phi) is 13.5. The number of ether oxygens (including phenoxy) is 2. The fraction of sp³-hybridized carbons (Fsp3) is 1.00. The highest BCUT2D eigenvalue weighted by Gasteiger charge is 1.93. The van der Waals surface area contributed by atoms with Gasteiger partial charge in [-0.3, -0.25) is 0 Å². The number of nitrogens with one attached hydrogen (secondary N) is 1. The van der Waals surface area contributed by atoms with Crippen LogP contribution >= 0.6 is 11.8 Å². The fourth-order valence-corrected chi connectivity index (χ4v) is 2.01. The molecule has 4 heteroatoms. The first-order valence-electron chi connectivity index (χ1n) is 6.16. The lowest BCUT2D eigenvalue weighted by Crippen LogP contribution is -2.20. The van der Waals surface area contributed by atoms with Crippen LogP contribution in [-0.4, -0.2) is 51.0 Å². The Labute approximate surface area is 105 Å². The predicted molar refractivity (Wildman–Crippen MR) is 72.4 cm³/mol. The van der Waals surface area contributed by atoms with Gasteiger partial charge in [0, 0.05) is 32.6 Å². The summed E-state index contributed by atoms with van der Waals surface area (Å²) in [6.45, 7) is 8.05. The lowest BCUT2D eigenvalue weighted by molar-refractivity contribution is 0.0772. The molecule has 0 atom stereocenters. The van der Waals surface area contributed by atoms with Crippen molar-refractivity contribution in [1.82, 2.24) is 5.32 Å². The molecule has 98 valence electrons. The Hall–Kier alpha value is 0.230. The zero-order chi connectivity index (χ0) is 12.1. The SMILES string of the molecule is COCCCSCCNCCCOC(C)C. The quantitative estimate of drug-likeness (QED) is 0.537. The van der Waals surface area contributed by atoms with Crippen LogP contribution in [0.1, 0.15) is 26.7 Å². The van der Waals surface area contributed by atoms with Gasteiger partial charge in [-0.1, -0.05) is 0 Å². The second-order valence-electron chi connectivity index (χ2n) is 3.98. The summed E-state index contributed by atoms with van der Waals surface area (Å²) in [4.78, 5) is 0. The van der Waals surface area contributed by atoms with Crippen LogP contribution in [0.5, 0.6) is 0 Å². The smallest absolute Gasteiger partial charge is 0.0518 e. The van der Waals surface area contributed by atoms with Crippen LogP contribution in [0.3, 0.4) is 0 Å². The number of rotatable bonds is 12. The Balaban J connectivity index is 2.88. The molecule has 0 aliphatic rings. The summed E-state index contributed by atoms with van der Waals surface area (Å²) in [7, 11) is 1.76. The zero-order valence-corrected chi connectivity index (χ0v) is 11.8. The summed E-state index contributed by atoms with van der Waals surface area (Å²) in [5, 5.41) is 3.42. The van der Waals surface area contributed by atoms with Crippen molar-refractivity contribution in [2.24, 2.45) is 0 Å². The van der Waals surface area contributed by atoms with Gasteiger partial charge in [-0.25, -0.2) is 0 Å². The van der Waals surface area contributed by atoms with Crippen molar-refractivity contribution in [3.8, 4) is 0 Å². The maximum atomic E-state index is 5.45. The molecule has 0 amide bonds. The zero-order valence-electron chi connectivity index (χ0n) is 11.0. The molecule has 0 fully saturated rings. The van der Waals surface area contributed by atoms with E-state index in [2.05, 4.69) is 19.2 Å². The molecule has 0 aromatic rings. The average Bonchev–Trinajstić information content (AvgIpc) is 2.25. The number of thioether (sulfide) groups is 1. The third-order valence-electron chi connectivity index (χ3n) is 2.01. The van der Waals surface area contributed by atoms with E-state index in [1.807, 2.05) is 11.8 Å². The van der Waals surface area contributed by atoms with E-state index < -0.39 is 0 Å². The molecule has 0 radical (unpaired) electrons. The monoisotopic (exact) mass is 249 g/mol. The molecule has 0 rings (SSSR count). The van der Waals surface area contributed by atoms with Crippen molar-refractivity contribution in [2.45, 2.75) is 32.8 Å². The highest BCUT2D eigenvalue weighted by Crippen LogP contribution is 2.00. The molecule has 0 aliphatic heterocycles. The van der Waals surface area contributed by atoms with Gasteiger partial charge >= 0.3 is 0 Å². The van der Waals surface area contributed by atoms with Gasteiger partial charge in [-0.15, -0.1) is 0 Å². The first-order chi connectivity index (χ1) is 7.77. The largest absolute Gasteiger partial charge is 0.385 e. The first-order valence-corrected chi connectivity index (χ1v) is 7.32. The fourth-order valence-electron chi connectivity index (χ4n) is 1.19. The molecule has 0 unspecified atom stereocenters. The van der Waals surface area contributed by atoms with Crippen molar-refractivity contribution < 1.29 is 9.47 Å². The van der Waals surface area contributed by atoms with Gasteiger partial charge in [0.2, 0.25) is 0 Å². The van der Waals surface area contributed by atoms with E-state index in [1.54, 1.807) is 7.11 Å². The van der Waals surface area contributed by atoms with Crippen molar-refractivity contribution in [1.29, 1.82) is 0 Å². The first kappa shape index (κ1) is 16.2. The van der Waals surface area contributed by atoms with Crippen molar-refractivity contribution in [3.63, 3.8) is 0 Å². The minimum atomic E-state index is 0.358. The summed E-state index contributed by atoms with van der Waals surface area (Å²) in [6.07, 6.45) is 2.62. The summed E-state index contributed by atoms with van der Waals surface area (Å²) < 4.78 is 10.4. The van der Waals surface area contributed by atoms with Crippen LogP contribution in [0.2, 0.25) is 0 Å². The molecule has 0 bridgehead atoms. The highest BCUT2D eigenvalue weighted by atomic mass is 32.2. The molecule has 0 aromatic carbocycles. The molecule has 0 spiro atoms. The number of methoxy groups -OCH3 is 1. The van der Waals surface area contributed by atoms with Crippen LogP contribution in [0, 0.1) is 0 Å². The summed E-state index contributed by atoms with van der Waals surface area (Å²) in [5.41, 5.74) is 0. The van der Waals surface area contributed by atoms with Gasteiger partial charge in [0.25, 0.3) is 0 Å². The maximum absolute atomic E-state index is 5.45. The van der Waals surface area contributed by atoms with E-state index in [0.717, 1.165) is 39.1 Å². The molecule has 0 aliphatic carbocycles. The Morgan fingerprint density at radius 1 is 1.06 bits per heavy atom. The molecule has 0 heterocycles. The van der Waals surface area contributed by atoms with E-state index in [9.17, 15) is 0 Å². The van der Waals surface area contributed by atoms with Gasteiger partial charge < -0.3 is 14.8 Å². The van der Waals surface area contributed by atoms with Crippen LogP contribution in [0.15, 0.2) is 0 Å². The van der Waals surface area contributed by atoms with Crippen molar-refractivity contribution in [2.75, 3.05) is 44.9 Å². The Morgan fingerprint density at radius 3 is 2.56 bits per heavy atom. The van der Waals surface area contributed by atoms with E-state index in [1.165, 1.54) is 11.5 Å². The molecule has 0 saturated carbocycles. The topological polar surface area (TPSA) is 30.5 Å². The van der Waals surface area contributed by atoms with Gasteiger partial charge in [-0.2, -0.15) is 11.8 Å². The average molecular weight is 249 g/mol. The lowest BCUT2D eigenvalue weighted by atomic mass is 10.4. The second-order valence-corrected chi connectivity index (χ2v) is 5.21. The second kappa shape index (κ2) is 13.3. The van der Waals surface area contributed by atoms with E-state index in [0.29, 0.717) is 6.10 Å². The van der Waals surface area contributed by atoms with E-state index in [-0.39, 0.29) is 0 Å². The normalized spacial score (nSPS) is 11.2. The van der Waals surface area contributed by atoms with Gasteiger partial charge in [0.05, 0.1) is 6.10 Å². The summed E-state index contributed by atoms with van der Waals surface area (Å²) in [6, 6.07) is 0. The Bertz CT molecular complexity index is 134. The van der Waals surface area contributed by atoms with Gasteiger partial charge in [0.1, 0.15) is 0 Å². The molecule has 0 aromatic heterocycles. The number of hydrogen-bond acceptors (Lipinski definition) is 4. The van der Waals surface area contributed by atoms with E-state index in [4.69, 9.17) is 9.47 Å². The highest BCUT2D eigenvalue weighted by molar-refractivity contribution is 7.99. The molecular weight excluding hydrogens is 222 g/mol. The van der Waals surface area contributed by atoms with Crippen molar-refractivity contribution in [3.05, 3.63) is 0 Å². The lowest BCUT2D eigenvalue weighted by Gasteiger charge is -2.08. The third kappa shape index (κ3) is 14.2. The minimum absolute atomic E-state index is 0.358. The number of hydrogen-bond donors (Lipinski definition) is 1. The predicted octanol–water partition coefficient (Wildman–Crippen LogP) is 2.16. The summed E-state index contributed by atoms with van der Waals surface area (Å²) in [5.74, 6) is 2.39. The van der Waals surface area contributed by atoms with E-state index >= 15 is 0 Å². The molecule has 0 saturated heterocycles. The van der Waals surface area contributed by atoms with Crippen LogP contribution < -0.4 is 5.32 Å². The maximum Gasteiger partial charge on any atom is 0.0518 e. The van der Waals surface area contributed by atoms with Crippen LogP contribution in [-0.2, 0) is 9.47 Å². The standard InChI is InChI=1S/C12H27NO2S/c1-12(2)15-9-4-6-13-7-11-16-10-5-8-14-3/h12-13H,4-11H2,1-3H3. The minimum Gasteiger partial charge on any atom is -0.385 e. The molecular formula is C12H27NO2S. The third-order valence-corrected chi connectivity index (χ3v) is 3.08. The van der Waals surface area contributed by atoms with Crippen LogP contribution in [0.25, 0.3) is 0 Å². The Morgan fingerprint density at radius 2 is 1.88 bits per heavy atom. The van der Waals surface area contributed by atoms with Gasteiger partial charge in [-0.05, 0) is 39.0 Å². The molecule has 3 nitrogen and oxygen atoms in total. The molecule has 1 N–H and O–H groups in total. The van der Waals surface area contributed by atoms with Crippen LogP contribution in [0.4, 0.5) is 0 Å².